The van der Waals surface area contributed by atoms with Crippen LogP contribution >= 0.6 is 0 Å². The van der Waals surface area contributed by atoms with Crippen molar-refractivity contribution in [2.75, 3.05) is 13.1 Å². The Morgan fingerprint density at radius 1 is 1.29 bits per heavy atom. The molecule has 2 aliphatic rings. The topological polar surface area (TPSA) is 116 Å². The average molecular weight is 297 g/mol. The molecule has 0 saturated carbocycles. The van der Waals surface area contributed by atoms with Gasteiger partial charge in [0.2, 0.25) is 5.91 Å². The molecule has 4 amide bonds. The van der Waals surface area contributed by atoms with Crippen LogP contribution < -0.4 is 10.6 Å². The van der Waals surface area contributed by atoms with Gasteiger partial charge in [0.05, 0.1) is 12.5 Å². The first-order valence-corrected chi connectivity index (χ1v) is 6.92. The van der Waals surface area contributed by atoms with Crippen LogP contribution in [0.2, 0.25) is 0 Å². The lowest BCUT2D eigenvalue weighted by molar-refractivity contribution is -0.150. The maximum absolute atomic E-state index is 12.4. The summed E-state index contributed by atoms with van der Waals surface area (Å²) >= 11 is 0. The summed E-state index contributed by atoms with van der Waals surface area (Å²) in [6, 6.07) is -0.554. The summed E-state index contributed by atoms with van der Waals surface area (Å²) in [6.45, 7) is 3.59. The predicted molar refractivity (Wildman–Crippen MR) is 71.2 cm³/mol. The van der Waals surface area contributed by atoms with E-state index in [9.17, 15) is 19.2 Å². The first-order valence-electron chi connectivity index (χ1n) is 6.92. The number of rotatable bonds is 3. The van der Waals surface area contributed by atoms with Gasteiger partial charge in [0.15, 0.2) is 0 Å². The predicted octanol–water partition coefficient (Wildman–Crippen LogP) is -0.456. The molecule has 2 saturated heterocycles. The van der Waals surface area contributed by atoms with Gasteiger partial charge < -0.3 is 15.3 Å². The minimum Gasteiger partial charge on any atom is -0.481 e. The minimum atomic E-state index is -1.07. The Morgan fingerprint density at radius 3 is 2.48 bits per heavy atom. The number of carboxylic acid groups (broad SMARTS) is 1. The van der Waals surface area contributed by atoms with Crippen molar-refractivity contribution in [2.45, 2.75) is 32.2 Å². The van der Waals surface area contributed by atoms with Gasteiger partial charge >= 0.3 is 12.0 Å². The number of aliphatic carboxylic acids is 1. The third-order valence-corrected chi connectivity index (χ3v) is 4.35. The summed E-state index contributed by atoms with van der Waals surface area (Å²) in [7, 11) is 0. The van der Waals surface area contributed by atoms with Crippen molar-refractivity contribution < 1.29 is 24.3 Å². The van der Waals surface area contributed by atoms with Crippen molar-refractivity contribution in [2.24, 2.45) is 11.8 Å². The van der Waals surface area contributed by atoms with Crippen LogP contribution in [-0.4, -0.2) is 52.4 Å². The molecule has 2 aliphatic heterocycles. The summed E-state index contributed by atoms with van der Waals surface area (Å²) < 4.78 is 0. The molecule has 0 aromatic heterocycles. The molecule has 1 spiro atoms. The lowest BCUT2D eigenvalue weighted by Crippen LogP contribution is -2.60. The van der Waals surface area contributed by atoms with Crippen molar-refractivity contribution in [3.05, 3.63) is 0 Å². The molecule has 3 N–H and O–H groups in total. The van der Waals surface area contributed by atoms with Crippen LogP contribution in [-0.2, 0) is 14.4 Å². The number of hydrogen-bond acceptors (Lipinski definition) is 4. The van der Waals surface area contributed by atoms with Crippen LogP contribution in [0, 0.1) is 11.8 Å². The molecule has 2 rings (SSSR count). The average Bonchev–Trinajstić information content (AvgIpc) is 2.70. The van der Waals surface area contributed by atoms with E-state index in [1.54, 1.807) is 6.92 Å². The molecule has 2 heterocycles. The fourth-order valence-corrected chi connectivity index (χ4v) is 2.77. The molecule has 116 valence electrons. The third kappa shape index (κ3) is 2.70. The highest BCUT2D eigenvalue weighted by Gasteiger charge is 2.50. The van der Waals surface area contributed by atoms with Crippen LogP contribution in [0.3, 0.4) is 0 Å². The Balaban J connectivity index is 2.11. The standard InChI is InChI=1S/C13H19N3O5/c1-7(8(2)10(18)19)9(17)16-5-3-4-13(6-16)11(20)14-12(21)15-13/h7-8H,3-6H2,1-2H3,(H,18,19)(H2,14,15,20,21). The largest absolute Gasteiger partial charge is 0.481 e. The zero-order valence-electron chi connectivity index (χ0n) is 12.0. The van der Waals surface area contributed by atoms with Crippen LogP contribution in [0.1, 0.15) is 26.7 Å². The van der Waals surface area contributed by atoms with E-state index in [-0.39, 0.29) is 12.5 Å². The summed E-state index contributed by atoms with van der Waals surface area (Å²) in [6.07, 6.45) is 1.05. The van der Waals surface area contributed by atoms with E-state index in [1.165, 1.54) is 11.8 Å². The number of hydrogen-bond donors (Lipinski definition) is 3. The number of nitrogens with zero attached hydrogens (tertiary/aromatic N) is 1. The van der Waals surface area contributed by atoms with Crippen LogP contribution in [0.5, 0.6) is 0 Å². The van der Waals surface area contributed by atoms with Crippen molar-refractivity contribution in [1.82, 2.24) is 15.5 Å². The van der Waals surface area contributed by atoms with Crippen molar-refractivity contribution >= 4 is 23.8 Å². The molecular weight excluding hydrogens is 278 g/mol. The maximum atomic E-state index is 12.4. The molecule has 8 heteroatoms. The van der Waals surface area contributed by atoms with E-state index in [2.05, 4.69) is 10.6 Å². The summed E-state index contributed by atoms with van der Waals surface area (Å²) in [5, 5.41) is 13.8. The van der Waals surface area contributed by atoms with Gasteiger partial charge in [0.1, 0.15) is 5.54 Å². The lowest BCUT2D eigenvalue weighted by Gasteiger charge is -2.39. The Bertz CT molecular complexity index is 506. The number of nitrogens with one attached hydrogen (secondary N) is 2. The van der Waals surface area contributed by atoms with Gasteiger partial charge in [0.25, 0.3) is 5.91 Å². The zero-order chi connectivity index (χ0) is 15.8. The van der Waals surface area contributed by atoms with Crippen LogP contribution in [0.25, 0.3) is 0 Å². The van der Waals surface area contributed by atoms with Crippen molar-refractivity contribution in [3.8, 4) is 0 Å². The number of carboxylic acids is 1. The maximum Gasteiger partial charge on any atom is 0.322 e. The highest BCUT2D eigenvalue weighted by molar-refractivity contribution is 6.07. The van der Waals surface area contributed by atoms with Gasteiger partial charge in [0, 0.05) is 12.5 Å². The number of carbonyl (C=O) groups is 4. The van der Waals surface area contributed by atoms with Gasteiger partial charge in [-0.1, -0.05) is 13.8 Å². The zero-order valence-corrected chi connectivity index (χ0v) is 12.0. The molecule has 3 atom stereocenters. The molecule has 3 unspecified atom stereocenters. The van der Waals surface area contributed by atoms with E-state index in [0.29, 0.717) is 19.4 Å². The van der Waals surface area contributed by atoms with E-state index in [1.807, 2.05) is 0 Å². The Hall–Kier alpha value is -2.12. The molecule has 0 radical (unpaired) electrons. The first kappa shape index (κ1) is 15.3. The van der Waals surface area contributed by atoms with Gasteiger partial charge in [-0.15, -0.1) is 0 Å². The SMILES string of the molecule is CC(C(=O)O)C(C)C(=O)N1CCCC2(C1)NC(=O)NC2=O. The normalized spacial score (nSPS) is 28.0. The number of carbonyl (C=O) groups excluding carboxylic acids is 3. The molecular formula is C13H19N3O5. The van der Waals surface area contributed by atoms with E-state index in [0.717, 1.165) is 0 Å². The van der Waals surface area contributed by atoms with E-state index < -0.39 is 35.3 Å². The molecule has 21 heavy (non-hydrogen) atoms. The summed E-state index contributed by atoms with van der Waals surface area (Å²) in [4.78, 5) is 48.1. The molecule has 8 nitrogen and oxygen atoms in total. The second kappa shape index (κ2) is 5.34. The fraction of sp³-hybridized carbons (Fsp3) is 0.692. The van der Waals surface area contributed by atoms with Gasteiger partial charge in [-0.3, -0.25) is 19.7 Å². The molecule has 2 fully saturated rings. The second-order valence-electron chi connectivity index (χ2n) is 5.77. The van der Waals surface area contributed by atoms with Crippen LogP contribution in [0.15, 0.2) is 0 Å². The Labute approximate surface area is 121 Å². The Morgan fingerprint density at radius 2 is 1.95 bits per heavy atom. The first-order chi connectivity index (χ1) is 9.77. The monoisotopic (exact) mass is 297 g/mol. The highest BCUT2D eigenvalue weighted by atomic mass is 16.4. The number of imide groups is 1. The summed E-state index contributed by atoms with van der Waals surface area (Å²) in [5.41, 5.74) is -1.07. The summed E-state index contributed by atoms with van der Waals surface area (Å²) in [5.74, 6) is -3.25. The van der Waals surface area contributed by atoms with Gasteiger partial charge in [-0.2, -0.15) is 0 Å². The van der Waals surface area contributed by atoms with Crippen LogP contribution in [0.4, 0.5) is 4.79 Å². The van der Waals surface area contributed by atoms with Crippen molar-refractivity contribution in [3.63, 3.8) is 0 Å². The smallest absolute Gasteiger partial charge is 0.322 e. The molecule has 0 bridgehead atoms. The molecule has 0 aromatic rings. The van der Waals surface area contributed by atoms with Gasteiger partial charge in [-0.25, -0.2) is 4.79 Å². The number of piperidine rings is 1. The molecule has 0 aliphatic carbocycles. The van der Waals surface area contributed by atoms with E-state index in [4.69, 9.17) is 5.11 Å². The Kier molecular flexibility index (Phi) is 3.89. The second-order valence-corrected chi connectivity index (χ2v) is 5.77. The fourth-order valence-electron chi connectivity index (χ4n) is 2.77. The third-order valence-electron chi connectivity index (χ3n) is 4.35. The number of likely N-dealkylation sites (tertiary alicyclic amines) is 1. The van der Waals surface area contributed by atoms with E-state index >= 15 is 0 Å². The quantitative estimate of drug-likeness (QED) is 0.610. The number of amides is 4. The van der Waals surface area contributed by atoms with Crippen molar-refractivity contribution in [1.29, 1.82) is 0 Å². The minimum absolute atomic E-state index is 0.0834. The number of urea groups is 1. The lowest BCUT2D eigenvalue weighted by atomic mass is 9.87. The molecule has 0 aromatic carbocycles. The van der Waals surface area contributed by atoms with Gasteiger partial charge in [-0.05, 0) is 12.8 Å². The highest BCUT2D eigenvalue weighted by Crippen LogP contribution is 2.26.